The molecule has 2 N–H and O–H groups in total. The first kappa shape index (κ1) is 25.3. The van der Waals surface area contributed by atoms with Crippen molar-refractivity contribution in [1.82, 2.24) is 14.5 Å². The first-order valence-corrected chi connectivity index (χ1v) is 13.0. The smallest absolute Gasteiger partial charge is 0.317 e. The molecule has 0 spiro atoms. The molecule has 1 heterocycles. The largest absolute Gasteiger partial charge is 0.487 e. The van der Waals surface area contributed by atoms with Crippen molar-refractivity contribution in [3.63, 3.8) is 0 Å². The molecule has 8 nitrogen and oxygen atoms in total. The minimum absolute atomic E-state index is 0.0507. The van der Waals surface area contributed by atoms with Crippen LogP contribution in [-0.2, 0) is 10.0 Å². The van der Waals surface area contributed by atoms with Gasteiger partial charge in [0, 0.05) is 43.6 Å². The van der Waals surface area contributed by atoms with Crippen LogP contribution in [0.15, 0.2) is 23.1 Å². The number of ether oxygens (including phenoxy) is 1. The zero-order valence-electron chi connectivity index (χ0n) is 19.9. The van der Waals surface area contributed by atoms with Crippen LogP contribution in [0.1, 0.15) is 45.6 Å². The Labute approximate surface area is 197 Å². The van der Waals surface area contributed by atoms with Gasteiger partial charge in [0.2, 0.25) is 10.0 Å². The fourth-order valence-electron chi connectivity index (χ4n) is 3.65. The molecule has 3 atom stereocenters. The topological polar surface area (TPSA) is 99.2 Å². The maximum atomic E-state index is 13.5. The number of carbonyl (C=O) groups excluding carboxylic acids is 1. The molecule has 0 unspecified atom stereocenters. The summed E-state index contributed by atoms with van der Waals surface area (Å²) in [6.07, 6.45) is 2.59. The van der Waals surface area contributed by atoms with E-state index >= 15 is 0 Å². The number of hydrogen-bond donors (Lipinski definition) is 2. The van der Waals surface area contributed by atoms with E-state index in [1.165, 1.54) is 10.4 Å². The predicted octanol–water partition coefficient (Wildman–Crippen LogP) is 2.27. The molecule has 33 heavy (non-hydrogen) atoms. The fourth-order valence-corrected chi connectivity index (χ4v) is 5.48. The van der Waals surface area contributed by atoms with Crippen LogP contribution in [0, 0.1) is 23.7 Å². The summed E-state index contributed by atoms with van der Waals surface area (Å²) < 4.78 is 34.6. The molecule has 1 fully saturated rings. The van der Waals surface area contributed by atoms with Gasteiger partial charge < -0.3 is 20.1 Å². The van der Waals surface area contributed by atoms with Gasteiger partial charge in [-0.05, 0) is 44.4 Å². The highest BCUT2D eigenvalue weighted by molar-refractivity contribution is 7.89. The molecule has 3 rings (SSSR count). The van der Waals surface area contributed by atoms with E-state index in [2.05, 4.69) is 17.2 Å². The maximum Gasteiger partial charge on any atom is 0.317 e. The number of benzene rings is 1. The normalized spacial score (nSPS) is 23.1. The van der Waals surface area contributed by atoms with E-state index in [-0.39, 0.29) is 42.3 Å². The molecule has 2 aliphatic rings. The van der Waals surface area contributed by atoms with Crippen LogP contribution in [0.2, 0.25) is 0 Å². The Hall–Kier alpha value is -2.28. The SMILES string of the molecule is CCCNC(=O)N(C)C[C@@H]1Oc2cc(C#CC3CC3)ccc2S(=O)(=O)N([C@@H](C)CO)C[C@@H]1C. The fraction of sp³-hybridized carbons (Fsp3) is 0.625. The number of amides is 2. The van der Waals surface area contributed by atoms with Gasteiger partial charge in [0.05, 0.1) is 13.2 Å². The summed E-state index contributed by atoms with van der Waals surface area (Å²) in [6, 6.07) is 4.10. The molecule has 182 valence electrons. The third-order valence-electron chi connectivity index (χ3n) is 5.99. The molecule has 1 aromatic carbocycles. The molecule has 0 aromatic heterocycles. The zero-order chi connectivity index (χ0) is 24.2. The lowest BCUT2D eigenvalue weighted by Crippen LogP contribution is -2.51. The van der Waals surface area contributed by atoms with E-state index in [1.54, 1.807) is 31.0 Å². The average Bonchev–Trinajstić information content (AvgIpc) is 3.62. The molecule has 1 aliphatic carbocycles. The highest BCUT2D eigenvalue weighted by Crippen LogP contribution is 2.34. The van der Waals surface area contributed by atoms with E-state index in [9.17, 15) is 18.3 Å². The Kier molecular flexibility index (Phi) is 8.27. The van der Waals surface area contributed by atoms with Gasteiger partial charge in [-0.15, -0.1) is 0 Å². The number of urea groups is 1. The highest BCUT2D eigenvalue weighted by Gasteiger charge is 2.38. The number of aliphatic hydroxyl groups excluding tert-OH is 1. The van der Waals surface area contributed by atoms with Gasteiger partial charge in [-0.1, -0.05) is 25.7 Å². The zero-order valence-corrected chi connectivity index (χ0v) is 20.7. The molecule has 1 saturated carbocycles. The van der Waals surface area contributed by atoms with Crippen molar-refractivity contribution in [3.8, 4) is 17.6 Å². The summed E-state index contributed by atoms with van der Waals surface area (Å²) in [5.74, 6) is 6.73. The summed E-state index contributed by atoms with van der Waals surface area (Å²) >= 11 is 0. The Morgan fingerprint density at radius 2 is 2.12 bits per heavy atom. The molecule has 0 bridgehead atoms. The summed E-state index contributed by atoms with van der Waals surface area (Å²) in [6.45, 7) is 6.31. The van der Waals surface area contributed by atoms with Gasteiger partial charge in [-0.25, -0.2) is 13.2 Å². The van der Waals surface area contributed by atoms with Crippen LogP contribution in [0.4, 0.5) is 4.79 Å². The van der Waals surface area contributed by atoms with Crippen molar-refractivity contribution >= 4 is 16.1 Å². The van der Waals surface area contributed by atoms with Crippen molar-refractivity contribution in [2.45, 2.75) is 57.1 Å². The van der Waals surface area contributed by atoms with E-state index < -0.39 is 22.2 Å². The van der Waals surface area contributed by atoms with Crippen LogP contribution in [0.3, 0.4) is 0 Å². The van der Waals surface area contributed by atoms with Gasteiger partial charge in [0.15, 0.2) is 0 Å². The van der Waals surface area contributed by atoms with Gasteiger partial charge in [0.25, 0.3) is 0 Å². The average molecular weight is 478 g/mol. The third kappa shape index (κ3) is 6.19. The van der Waals surface area contributed by atoms with Crippen molar-refractivity contribution in [3.05, 3.63) is 23.8 Å². The molecular formula is C24H35N3O5S. The Balaban J connectivity index is 1.97. The van der Waals surface area contributed by atoms with Gasteiger partial charge in [0.1, 0.15) is 16.7 Å². The second-order valence-corrected chi connectivity index (χ2v) is 10.9. The number of carbonyl (C=O) groups is 1. The van der Waals surface area contributed by atoms with E-state index in [1.807, 2.05) is 13.8 Å². The Morgan fingerprint density at radius 1 is 1.39 bits per heavy atom. The summed E-state index contributed by atoms with van der Waals surface area (Å²) in [5, 5.41) is 12.6. The van der Waals surface area contributed by atoms with Gasteiger partial charge >= 0.3 is 6.03 Å². The minimum atomic E-state index is -3.90. The molecule has 0 saturated heterocycles. The molecule has 1 aliphatic heterocycles. The molecular weight excluding hydrogens is 442 g/mol. The Bertz CT molecular complexity index is 1010. The van der Waals surface area contributed by atoms with Crippen molar-refractivity contribution in [2.24, 2.45) is 11.8 Å². The van der Waals surface area contributed by atoms with Crippen LogP contribution in [0.25, 0.3) is 0 Å². The lowest BCUT2D eigenvalue weighted by molar-refractivity contribution is 0.0812. The van der Waals surface area contributed by atoms with Crippen LogP contribution in [-0.4, -0.2) is 74.2 Å². The van der Waals surface area contributed by atoms with Crippen molar-refractivity contribution in [1.29, 1.82) is 0 Å². The van der Waals surface area contributed by atoms with E-state index in [0.717, 1.165) is 19.3 Å². The van der Waals surface area contributed by atoms with Crippen molar-refractivity contribution in [2.75, 3.05) is 33.3 Å². The number of nitrogens with one attached hydrogen (secondary N) is 1. The lowest BCUT2D eigenvalue weighted by atomic mass is 10.0. The number of rotatable bonds is 6. The second kappa shape index (κ2) is 10.8. The standard InChI is InChI=1S/C24H35N3O5S/c1-5-12-25-24(29)26(4)15-22-17(2)14-27(18(3)16-28)33(30,31)23-11-10-20(13-21(23)32-22)9-8-19-6-7-19/h10-11,13,17-19,22,28H,5-7,12,14-16H2,1-4H3,(H,25,29)/t17-,18-,22-/m0/s1. The van der Waals surface area contributed by atoms with Crippen LogP contribution in [0.5, 0.6) is 5.75 Å². The summed E-state index contributed by atoms with van der Waals surface area (Å²) in [7, 11) is -2.20. The number of aliphatic hydroxyl groups is 1. The monoisotopic (exact) mass is 477 g/mol. The first-order valence-electron chi connectivity index (χ1n) is 11.6. The van der Waals surface area contributed by atoms with E-state index in [4.69, 9.17) is 4.74 Å². The molecule has 2 amide bonds. The van der Waals surface area contributed by atoms with E-state index in [0.29, 0.717) is 18.0 Å². The first-order chi connectivity index (χ1) is 15.7. The third-order valence-corrected chi connectivity index (χ3v) is 8.01. The van der Waals surface area contributed by atoms with Gasteiger partial charge in [-0.2, -0.15) is 4.31 Å². The van der Waals surface area contributed by atoms with Crippen LogP contribution >= 0.6 is 0 Å². The maximum absolute atomic E-state index is 13.5. The quantitative estimate of drug-likeness (QED) is 0.613. The lowest BCUT2D eigenvalue weighted by Gasteiger charge is -2.37. The number of likely N-dealkylation sites (N-methyl/N-ethyl adjacent to an activating group) is 1. The van der Waals surface area contributed by atoms with Gasteiger partial charge in [-0.3, -0.25) is 0 Å². The molecule has 0 radical (unpaired) electrons. The van der Waals surface area contributed by atoms with Crippen molar-refractivity contribution < 1.29 is 23.1 Å². The summed E-state index contributed by atoms with van der Waals surface area (Å²) in [5.41, 5.74) is 0.693. The number of hydrogen-bond acceptors (Lipinski definition) is 5. The van der Waals surface area contributed by atoms with Crippen LogP contribution < -0.4 is 10.1 Å². The Morgan fingerprint density at radius 3 is 2.76 bits per heavy atom. The predicted molar refractivity (Wildman–Crippen MR) is 126 cm³/mol. The number of sulfonamides is 1. The number of nitrogens with zero attached hydrogens (tertiary/aromatic N) is 2. The summed E-state index contributed by atoms with van der Waals surface area (Å²) in [4.78, 5) is 14.0. The number of fused-ring (bicyclic) bond motifs is 1. The minimum Gasteiger partial charge on any atom is -0.487 e. The molecule has 9 heteroatoms. The molecule has 1 aromatic rings. The highest BCUT2D eigenvalue weighted by atomic mass is 32.2. The second-order valence-electron chi connectivity index (χ2n) is 9.06.